The Morgan fingerprint density at radius 3 is 2.66 bits per heavy atom. The molecule has 1 aliphatic heterocycles. The summed E-state index contributed by atoms with van der Waals surface area (Å²) in [6.07, 6.45) is -1.90. The third kappa shape index (κ3) is 5.75. The largest absolute Gasteiger partial charge is 0.494 e. The molecule has 160 valence electrons. The molecule has 0 aromatic heterocycles. The highest BCUT2D eigenvalue weighted by Crippen LogP contribution is 2.33. The van der Waals surface area contributed by atoms with Crippen molar-refractivity contribution in [3.63, 3.8) is 0 Å². The molecular formula is C22H29F3N2O2. The first-order valence-corrected chi connectivity index (χ1v) is 10.1. The summed E-state index contributed by atoms with van der Waals surface area (Å²) in [6.45, 7) is 4.73. The van der Waals surface area contributed by atoms with E-state index in [2.05, 4.69) is 17.9 Å². The number of amides is 1. The van der Waals surface area contributed by atoms with Gasteiger partial charge in [0.25, 0.3) is 0 Å². The van der Waals surface area contributed by atoms with E-state index < -0.39 is 12.6 Å². The molecule has 29 heavy (non-hydrogen) atoms. The molecule has 7 heteroatoms. The van der Waals surface area contributed by atoms with Gasteiger partial charge < -0.3 is 9.64 Å². The maximum Gasteiger partial charge on any atom is 0.389 e. The van der Waals surface area contributed by atoms with Crippen LogP contribution in [0.1, 0.15) is 30.9 Å². The molecule has 0 spiro atoms. The van der Waals surface area contributed by atoms with Crippen molar-refractivity contribution >= 4 is 12.0 Å². The number of likely N-dealkylation sites (tertiary alicyclic amines) is 1. The van der Waals surface area contributed by atoms with Crippen LogP contribution in [0.4, 0.5) is 13.2 Å². The smallest absolute Gasteiger partial charge is 0.389 e. The minimum Gasteiger partial charge on any atom is -0.494 e. The van der Waals surface area contributed by atoms with Crippen LogP contribution in [0.5, 0.6) is 5.75 Å². The van der Waals surface area contributed by atoms with Crippen LogP contribution in [0.15, 0.2) is 23.8 Å². The fourth-order valence-electron chi connectivity index (χ4n) is 3.94. The third-order valence-electron chi connectivity index (χ3n) is 5.64. The van der Waals surface area contributed by atoms with Crippen molar-refractivity contribution in [2.75, 3.05) is 40.3 Å². The molecule has 1 heterocycles. The standard InChI is InChI=1S/C22H29F3N2O2/c1-15-9-17-11-20(29-8-4-7-22(23,24)25)6-5-16(17)10-18(15)12-27-13-19(14-27)21(28)26(2)3/h5-6,10-11,15,19H,4,7-9,12-14H2,1-3H3/t15-/m0/s1. The van der Waals surface area contributed by atoms with Crippen molar-refractivity contribution in [3.05, 3.63) is 34.9 Å². The van der Waals surface area contributed by atoms with Gasteiger partial charge in [0.05, 0.1) is 12.5 Å². The van der Waals surface area contributed by atoms with Crippen LogP contribution in [-0.2, 0) is 11.2 Å². The topological polar surface area (TPSA) is 32.8 Å². The van der Waals surface area contributed by atoms with Crippen molar-refractivity contribution in [3.8, 4) is 5.75 Å². The van der Waals surface area contributed by atoms with Gasteiger partial charge in [-0.2, -0.15) is 13.2 Å². The number of hydrogen-bond acceptors (Lipinski definition) is 3. The molecule has 4 nitrogen and oxygen atoms in total. The van der Waals surface area contributed by atoms with Crippen molar-refractivity contribution in [2.45, 2.75) is 32.4 Å². The van der Waals surface area contributed by atoms with E-state index in [9.17, 15) is 18.0 Å². The van der Waals surface area contributed by atoms with E-state index >= 15 is 0 Å². The van der Waals surface area contributed by atoms with Crippen LogP contribution in [0.2, 0.25) is 0 Å². The maximum atomic E-state index is 12.2. The van der Waals surface area contributed by atoms with Gasteiger partial charge in [0.1, 0.15) is 5.75 Å². The molecule has 3 rings (SSSR count). The van der Waals surface area contributed by atoms with Gasteiger partial charge in [-0.25, -0.2) is 0 Å². The molecule has 0 radical (unpaired) electrons. The van der Waals surface area contributed by atoms with Gasteiger partial charge in [0.15, 0.2) is 0 Å². The number of ether oxygens (including phenoxy) is 1. The normalized spacial score (nSPS) is 19.9. The first-order valence-electron chi connectivity index (χ1n) is 10.1. The lowest BCUT2D eigenvalue weighted by Gasteiger charge is -2.41. The lowest BCUT2D eigenvalue weighted by Crippen LogP contribution is -2.53. The van der Waals surface area contributed by atoms with E-state index in [1.165, 1.54) is 11.1 Å². The van der Waals surface area contributed by atoms with E-state index in [1.807, 2.05) is 18.2 Å². The molecule has 1 amide bonds. The average Bonchev–Trinajstić information content (AvgIpc) is 2.60. The average molecular weight is 410 g/mol. The molecule has 1 aromatic rings. The van der Waals surface area contributed by atoms with Crippen LogP contribution >= 0.6 is 0 Å². The highest BCUT2D eigenvalue weighted by atomic mass is 19.4. The fourth-order valence-corrected chi connectivity index (χ4v) is 3.94. The van der Waals surface area contributed by atoms with Gasteiger partial charge in [0.2, 0.25) is 5.91 Å². The van der Waals surface area contributed by atoms with E-state index in [4.69, 9.17) is 4.74 Å². The number of alkyl halides is 3. The molecule has 0 saturated carbocycles. The van der Waals surface area contributed by atoms with Gasteiger partial charge in [-0.1, -0.05) is 24.6 Å². The molecule has 2 aliphatic rings. The zero-order valence-corrected chi connectivity index (χ0v) is 17.3. The molecule has 1 aliphatic carbocycles. The van der Waals surface area contributed by atoms with Crippen molar-refractivity contribution in [2.24, 2.45) is 11.8 Å². The SMILES string of the molecule is C[C@H]1Cc2cc(OCCCC(F)(F)F)ccc2C=C1CN1CC(C(=O)N(C)C)C1. The zero-order chi connectivity index (χ0) is 21.2. The lowest BCUT2D eigenvalue weighted by molar-refractivity contribution is -0.138. The molecule has 0 bridgehead atoms. The van der Waals surface area contributed by atoms with Crippen LogP contribution in [0.3, 0.4) is 0 Å². The van der Waals surface area contributed by atoms with Gasteiger partial charge in [0, 0.05) is 40.2 Å². The maximum absolute atomic E-state index is 12.2. The van der Waals surface area contributed by atoms with Gasteiger partial charge in [-0.3, -0.25) is 9.69 Å². The molecule has 1 aromatic carbocycles. The monoisotopic (exact) mass is 410 g/mol. The number of carbonyl (C=O) groups excluding carboxylic acids is 1. The van der Waals surface area contributed by atoms with Crippen molar-refractivity contribution in [1.82, 2.24) is 9.80 Å². The number of hydrogen-bond donors (Lipinski definition) is 0. The van der Waals surface area contributed by atoms with E-state index in [0.29, 0.717) is 11.7 Å². The number of fused-ring (bicyclic) bond motifs is 1. The molecule has 1 atom stereocenters. The second kappa shape index (κ2) is 8.78. The Kier molecular flexibility index (Phi) is 6.56. The summed E-state index contributed by atoms with van der Waals surface area (Å²) in [5.74, 6) is 1.31. The van der Waals surface area contributed by atoms with E-state index in [1.54, 1.807) is 19.0 Å². The summed E-state index contributed by atoms with van der Waals surface area (Å²) in [5.41, 5.74) is 3.66. The van der Waals surface area contributed by atoms with Gasteiger partial charge in [-0.05, 0) is 42.0 Å². The third-order valence-corrected chi connectivity index (χ3v) is 5.64. The first-order chi connectivity index (χ1) is 13.6. The van der Waals surface area contributed by atoms with Crippen molar-refractivity contribution in [1.29, 1.82) is 0 Å². The summed E-state index contributed by atoms with van der Waals surface area (Å²) in [6, 6.07) is 5.75. The number of rotatable bonds is 7. The molecule has 1 saturated heterocycles. The fraction of sp³-hybridized carbons (Fsp3) is 0.591. The highest BCUT2D eigenvalue weighted by Gasteiger charge is 2.34. The number of nitrogens with zero attached hydrogens (tertiary/aromatic N) is 2. The second-order valence-electron chi connectivity index (χ2n) is 8.38. The Morgan fingerprint density at radius 1 is 1.28 bits per heavy atom. The van der Waals surface area contributed by atoms with Crippen LogP contribution in [0.25, 0.3) is 6.08 Å². The predicted molar refractivity (Wildman–Crippen MR) is 107 cm³/mol. The number of halogens is 3. The Labute approximate surface area is 170 Å². The van der Waals surface area contributed by atoms with Gasteiger partial charge in [-0.15, -0.1) is 0 Å². The summed E-state index contributed by atoms with van der Waals surface area (Å²) in [4.78, 5) is 15.9. The summed E-state index contributed by atoms with van der Waals surface area (Å²) in [7, 11) is 3.59. The number of carbonyl (C=O) groups is 1. The minimum atomic E-state index is -4.13. The molecule has 0 N–H and O–H groups in total. The quantitative estimate of drug-likeness (QED) is 0.637. The summed E-state index contributed by atoms with van der Waals surface area (Å²) < 4.78 is 42.2. The Balaban J connectivity index is 1.54. The lowest BCUT2D eigenvalue weighted by atomic mass is 9.83. The van der Waals surface area contributed by atoms with E-state index in [-0.39, 0.29) is 24.9 Å². The molecular weight excluding hydrogens is 381 g/mol. The first kappa shape index (κ1) is 21.7. The van der Waals surface area contributed by atoms with Crippen LogP contribution < -0.4 is 4.74 Å². The molecule has 1 fully saturated rings. The Bertz CT molecular complexity index is 768. The minimum absolute atomic E-state index is 0.0335. The Morgan fingerprint density at radius 2 is 2.00 bits per heavy atom. The van der Waals surface area contributed by atoms with Gasteiger partial charge >= 0.3 is 6.18 Å². The molecule has 0 unspecified atom stereocenters. The summed E-state index contributed by atoms with van der Waals surface area (Å²) >= 11 is 0. The van der Waals surface area contributed by atoms with Crippen LogP contribution in [0, 0.1) is 11.8 Å². The second-order valence-corrected chi connectivity index (χ2v) is 8.38. The van der Waals surface area contributed by atoms with Crippen molar-refractivity contribution < 1.29 is 22.7 Å². The predicted octanol–water partition coefficient (Wildman–Crippen LogP) is 4.00. The Hall–Kier alpha value is -2.02. The highest BCUT2D eigenvalue weighted by molar-refractivity contribution is 5.79. The number of benzene rings is 1. The summed E-state index contributed by atoms with van der Waals surface area (Å²) in [5, 5.41) is 0. The van der Waals surface area contributed by atoms with E-state index in [0.717, 1.165) is 31.6 Å². The van der Waals surface area contributed by atoms with Crippen LogP contribution in [-0.4, -0.2) is 62.2 Å². The zero-order valence-electron chi connectivity index (χ0n) is 17.3.